The first-order valence-corrected chi connectivity index (χ1v) is 6.83. The first kappa shape index (κ1) is 18.1. The Labute approximate surface area is 123 Å². The third-order valence-electron chi connectivity index (χ3n) is 3.19. The molecular weight excluding hydrogens is 246 g/mol. The van der Waals surface area contributed by atoms with Crippen LogP contribution in [0.4, 0.5) is 0 Å². The molecule has 0 aromatic heterocycles. The predicted molar refractivity (Wildman–Crippen MR) is 89.8 cm³/mol. The maximum absolute atomic E-state index is 7.17. The van der Waals surface area contributed by atoms with Gasteiger partial charge in [-0.1, -0.05) is 31.4 Å². The van der Waals surface area contributed by atoms with Crippen LogP contribution in [0.1, 0.15) is 27.2 Å². The smallest absolute Gasteiger partial charge is 0.0656 e. The zero-order chi connectivity index (χ0) is 15.5. The fourth-order valence-electron chi connectivity index (χ4n) is 1.56. The van der Waals surface area contributed by atoms with E-state index in [2.05, 4.69) is 38.3 Å². The van der Waals surface area contributed by atoms with E-state index in [4.69, 9.17) is 11.1 Å². The molecule has 0 aromatic carbocycles. The van der Waals surface area contributed by atoms with Gasteiger partial charge in [0, 0.05) is 18.5 Å². The minimum absolute atomic E-state index is 0.475. The largest absolute Gasteiger partial charge is 0.360 e. The van der Waals surface area contributed by atoms with Gasteiger partial charge in [0.1, 0.15) is 0 Å². The number of nitrogens with one attached hydrogen (secondary N) is 1. The fourth-order valence-corrected chi connectivity index (χ4v) is 1.56. The molecule has 0 rings (SSSR count). The highest BCUT2D eigenvalue weighted by molar-refractivity contribution is 5.80. The summed E-state index contributed by atoms with van der Waals surface area (Å²) in [5.41, 5.74) is 9.53. The Kier molecular flexibility index (Phi) is 9.05. The lowest BCUT2D eigenvalue weighted by molar-refractivity contribution is 0.387. The van der Waals surface area contributed by atoms with Crippen LogP contribution >= 0.6 is 0 Å². The number of hydrogen-bond donors (Lipinski definition) is 2. The van der Waals surface area contributed by atoms with E-state index in [1.165, 1.54) is 11.8 Å². The van der Waals surface area contributed by atoms with Gasteiger partial charge in [0.25, 0.3) is 0 Å². The summed E-state index contributed by atoms with van der Waals surface area (Å²) in [6.07, 6.45) is 10.3. The third kappa shape index (κ3) is 6.34. The van der Waals surface area contributed by atoms with E-state index in [9.17, 15) is 0 Å². The minimum Gasteiger partial charge on any atom is -0.360 e. The van der Waals surface area contributed by atoms with Gasteiger partial charge in [0.15, 0.2) is 0 Å². The quantitative estimate of drug-likeness (QED) is 0.381. The lowest BCUT2D eigenvalue weighted by Crippen LogP contribution is -2.27. The zero-order valence-corrected chi connectivity index (χ0v) is 12.9. The summed E-state index contributed by atoms with van der Waals surface area (Å²) in [5, 5.41) is 7.17. The van der Waals surface area contributed by atoms with Crippen LogP contribution in [0.2, 0.25) is 0 Å². The van der Waals surface area contributed by atoms with Gasteiger partial charge < -0.3 is 16.0 Å². The van der Waals surface area contributed by atoms with Crippen LogP contribution in [0.5, 0.6) is 0 Å². The summed E-state index contributed by atoms with van der Waals surface area (Å²) in [7, 11) is 0. The van der Waals surface area contributed by atoms with E-state index < -0.39 is 0 Å². The summed E-state index contributed by atoms with van der Waals surface area (Å²) >= 11 is 0. The van der Waals surface area contributed by atoms with E-state index >= 15 is 0 Å². The second kappa shape index (κ2) is 9.98. The average Bonchev–Trinajstić information content (AvgIpc) is 2.47. The van der Waals surface area contributed by atoms with E-state index in [1.54, 1.807) is 0 Å². The minimum atomic E-state index is 0.475. The molecule has 3 heteroatoms. The molecule has 0 heterocycles. The second-order valence-corrected chi connectivity index (χ2v) is 4.49. The highest BCUT2D eigenvalue weighted by Gasteiger charge is 1.99. The molecule has 0 aromatic rings. The summed E-state index contributed by atoms with van der Waals surface area (Å²) < 4.78 is 0. The molecule has 3 N–H and O–H groups in total. The Morgan fingerprint density at radius 1 is 1.30 bits per heavy atom. The van der Waals surface area contributed by atoms with Gasteiger partial charge in [-0.25, -0.2) is 0 Å². The van der Waals surface area contributed by atoms with Crippen LogP contribution in [0.3, 0.4) is 0 Å². The van der Waals surface area contributed by atoms with Crippen molar-refractivity contribution in [3.05, 3.63) is 59.9 Å². The summed E-state index contributed by atoms with van der Waals surface area (Å²) in [4.78, 5) is 2.00. The van der Waals surface area contributed by atoms with Gasteiger partial charge in [-0.05, 0) is 50.0 Å². The number of likely N-dealkylation sites (N-methyl/N-ethyl adjacent to an activating group) is 1. The summed E-state index contributed by atoms with van der Waals surface area (Å²) in [5.74, 6) is 0. The van der Waals surface area contributed by atoms with E-state index in [-0.39, 0.29) is 0 Å². The molecule has 0 fully saturated rings. The third-order valence-corrected chi connectivity index (χ3v) is 3.19. The molecule has 110 valence electrons. The van der Waals surface area contributed by atoms with Crippen LogP contribution < -0.4 is 5.73 Å². The number of nitrogens with zero attached hydrogens (tertiary/aromatic N) is 1. The molecule has 0 bridgehead atoms. The van der Waals surface area contributed by atoms with Crippen LogP contribution in [0.25, 0.3) is 0 Å². The highest BCUT2D eigenvalue weighted by atomic mass is 15.2. The fraction of sp³-hybridized carbons (Fsp3) is 0.353. The van der Waals surface area contributed by atoms with Gasteiger partial charge in [-0.2, -0.15) is 0 Å². The molecule has 0 spiro atoms. The molecule has 3 nitrogen and oxygen atoms in total. The maximum atomic E-state index is 7.17. The van der Waals surface area contributed by atoms with Gasteiger partial charge >= 0.3 is 0 Å². The van der Waals surface area contributed by atoms with Gasteiger partial charge in [-0.15, -0.1) is 0 Å². The van der Waals surface area contributed by atoms with Crippen LogP contribution in [-0.2, 0) is 0 Å². The standard InChI is InChI=1S/C17H27N3/c1-6-17(10-8-14(3)15(4)12-18)11-9-16(5)20(7-2)13-19/h6,8-9,11-12,18H,4-5,7,10,13,19H2,1-3H3/b11-9-,14-8-,17-6-,18-12?. The number of nitrogens with two attached hydrogens (primary N) is 1. The molecule has 0 aliphatic rings. The second-order valence-electron chi connectivity index (χ2n) is 4.49. The highest BCUT2D eigenvalue weighted by Crippen LogP contribution is 2.12. The molecule has 0 unspecified atom stereocenters. The summed E-state index contributed by atoms with van der Waals surface area (Å²) in [6, 6.07) is 0. The van der Waals surface area contributed by atoms with Crippen molar-refractivity contribution in [3.8, 4) is 0 Å². The van der Waals surface area contributed by atoms with Crippen molar-refractivity contribution in [1.29, 1.82) is 5.41 Å². The molecule has 0 saturated heterocycles. The van der Waals surface area contributed by atoms with Crippen LogP contribution in [0, 0.1) is 5.41 Å². The molecule has 0 aliphatic heterocycles. The Bertz CT molecular complexity index is 435. The van der Waals surface area contributed by atoms with Gasteiger partial charge in [-0.3, -0.25) is 0 Å². The predicted octanol–water partition coefficient (Wildman–Crippen LogP) is 3.78. The first-order valence-electron chi connectivity index (χ1n) is 6.83. The van der Waals surface area contributed by atoms with Gasteiger partial charge in [0.05, 0.1) is 6.67 Å². The molecule has 0 aliphatic carbocycles. The van der Waals surface area contributed by atoms with Crippen molar-refractivity contribution in [2.24, 2.45) is 5.73 Å². The Hall–Kier alpha value is -1.87. The molecule has 0 radical (unpaired) electrons. The van der Waals surface area contributed by atoms with E-state index in [0.717, 1.165) is 29.8 Å². The van der Waals surface area contributed by atoms with E-state index in [1.807, 2.05) is 24.8 Å². The van der Waals surface area contributed by atoms with Crippen LogP contribution in [-0.4, -0.2) is 24.3 Å². The maximum Gasteiger partial charge on any atom is 0.0656 e. The molecular formula is C17H27N3. The Balaban J connectivity index is 4.70. The SMILES string of the molecule is C=C(C=N)/C(C)=C\CC(/C=C\C(=C)N(CC)CN)=C/C. The van der Waals surface area contributed by atoms with Gasteiger partial charge in [0.2, 0.25) is 0 Å². The Morgan fingerprint density at radius 2 is 1.95 bits per heavy atom. The van der Waals surface area contributed by atoms with Crippen molar-refractivity contribution in [2.75, 3.05) is 13.2 Å². The number of allylic oxidation sites excluding steroid dienone is 7. The first-order chi connectivity index (χ1) is 9.49. The van der Waals surface area contributed by atoms with Crippen LogP contribution in [0.15, 0.2) is 59.9 Å². The molecule has 0 atom stereocenters. The molecule has 20 heavy (non-hydrogen) atoms. The van der Waals surface area contributed by atoms with Crippen molar-refractivity contribution >= 4 is 6.21 Å². The summed E-state index contributed by atoms with van der Waals surface area (Å²) in [6.45, 7) is 15.2. The lowest BCUT2D eigenvalue weighted by atomic mass is 10.1. The molecule has 0 saturated carbocycles. The number of hydrogen-bond acceptors (Lipinski definition) is 3. The number of rotatable bonds is 9. The monoisotopic (exact) mass is 273 g/mol. The van der Waals surface area contributed by atoms with E-state index in [0.29, 0.717) is 6.67 Å². The zero-order valence-electron chi connectivity index (χ0n) is 12.9. The normalized spacial score (nSPS) is 12.6. The van der Waals surface area contributed by atoms with Crippen molar-refractivity contribution in [1.82, 2.24) is 4.90 Å². The molecule has 0 amide bonds. The Morgan fingerprint density at radius 3 is 2.40 bits per heavy atom. The lowest BCUT2D eigenvalue weighted by Gasteiger charge is -2.20. The van der Waals surface area contributed by atoms with Crippen molar-refractivity contribution in [2.45, 2.75) is 27.2 Å². The van der Waals surface area contributed by atoms with Crippen molar-refractivity contribution in [3.63, 3.8) is 0 Å². The average molecular weight is 273 g/mol. The topological polar surface area (TPSA) is 53.1 Å². The van der Waals surface area contributed by atoms with Crippen molar-refractivity contribution < 1.29 is 0 Å².